The number of para-hydroxylation sites is 1. The summed E-state index contributed by atoms with van der Waals surface area (Å²) in [7, 11) is -0.944. The predicted molar refractivity (Wildman–Crippen MR) is 126 cm³/mol. The lowest BCUT2D eigenvalue weighted by Crippen LogP contribution is -2.31. The molecule has 13 heteroatoms. The zero-order chi connectivity index (χ0) is 25.2. The third-order valence-corrected chi connectivity index (χ3v) is 7.71. The molecule has 0 spiro atoms. The third-order valence-electron chi connectivity index (χ3n) is 5.86. The van der Waals surface area contributed by atoms with Crippen LogP contribution in [0.3, 0.4) is 0 Å². The molecule has 188 valence electrons. The quantitative estimate of drug-likeness (QED) is 0.462. The number of nitrogens with zero attached hydrogens (tertiary/aromatic N) is 5. The van der Waals surface area contributed by atoms with E-state index in [1.807, 2.05) is 6.92 Å². The molecule has 2 unspecified atom stereocenters. The topological polar surface area (TPSA) is 140 Å². The Morgan fingerprint density at radius 2 is 1.77 bits per heavy atom. The van der Waals surface area contributed by atoms with Crippen molar-refractivity contribution in [2.24, 2.45) is 0 Å². The number of ether oxygens (including phenoxy) is 4. The zero-order valence-corrected chi connectivity index (χ0v) is 20.9. The van der Waals surface area contributed by atoms with Gasteiger partial charge in [0.15, 0.2) is 5.82 Å². The number of anilines is 1. The first kappa shape index (κ1) is 24.8. The molecule has 1 aliphatic heterocycles. The van der Waals surface area contributed by atoms with Gasteiger partial charge in [0, 0.05) is 18.3 Å². The molecule has 1 fully saturated rings. The van der Waals surface area contributed by atoms with Gasteiger partial charge in [0.1, 0.15) is 35.9 Å². The Kier molecular flexibility index (Phi) is 7.19. The molecule has 1 aliphatic rings. The molecule has 0 radical (unpaired) electrons. The van der Waals surface area contributed by atoms with Gasteiger partial charge >= 0.3 is 0 Å². The van der Waals surface area contributed by atoms with Gasteiger partial charge in [-0.3, -0.25) is 9.29 Å². The summed E-state index contributed by atoms with van der Waals surface area (Å²) < 4.78 is 53.0. The van der Waals surface area contributed by atoms with Crippen molar-refractivity contribution in [3.63, 3.8) is 0 Å². The molecular weight excluding hydrogens is 476 g/mol. The molecule has 1 aromatic carbocycles. The van der Waals surface area contributed by atoms with Crippen LogP contribution in [0, 0.1) is 6.92 Å². The van der Waals surface area contributed by atoms with Crippen molar-refractivity contribution in [3.05, 3.63) is 47.8 Å². The molecule has 1 saturated heterocycles. The largest absolute Gasteiger partial charge is 0.494 e. The van der Waals surface area contributed by atoms with Crippen molar-refractivity contribution in [2.45, 2.75) is 38.0 Å². The first-order chi connectivity index (χ1) is 16.8. The van der Waals surface area contributed by atoms with Crippen molar-refractivity contribution in [1.29, 1.82) is 0 Å². The Hall–Kier alpha value is -3.29. The molecule has 3 aromatic rings. The van der Waals surface area contributed by atoms with Gasteiger partial charge in [-0.2, -0.15) is 0 Å². The molecule has 4 rings (SSSR count). The number of methoxy groups -OCH3 is 2. The van der Waals surface area contributed by atoms with Crippen LogP contribution in [0.5, 0.6) is 11.5 Å². The van der Waals surface area contributed by atoms with Crippen LogP contribution in [0.4, 0.5) is 5.95 Å². The van der Waals surface area contributed by atoms with Crippen LogP contribution in [-0.2, 0) is 19.5 Å². The smallest absolute Gasteiger partial charge is 0.243 e. The number of aryl methyl sites for hydroxylation is 1. The molecule has 1 N–H and O–H groups in total. The summed E-state index contributed by atoms with van der Waals surface area (Å²) in [5.74, 6) is 1.10. The van der Waals surface area contributed by atoms with Gasteiger partial charge in [-0.1, -0.05) is 13.0 Å². The summed E-state index contributed by atoms with van der Waals surface area (Å²) in [6, 6.07) is 5.21. The van der Waals surface area contributed by atoms with Crippen molar-refractivity contribution in [1.82, 2.24) is 24.7 Å². The van der Waals surface area contributed by atoms with E-state index in [4.69, 9.17) is 18.9 Å². The minimum Gasteiger partial charge on any atom is -0.494 e. The monoisotopic (exact) mass is 504 g/mol. The highest BCUT2D eigenvalue weighted by molar-refractivity contribution is 7.93. The fourth-order valence-electron chi connectivity index (χ4n) is 3.66. The number of benzene rings is 1. The molecule has 3 heterocycles. The lowest BCUT2D eigenvalue weighted by molar-refractivity contribution is 0.0438. The molecule has 3 atom stereocenters. The van der Waals surface area contributed by atoms with Gasteiger partial charge < -0.3 is 18.9 Å². The average molecular weight is 505 g/mol. The Morgan fingerprint density at radius 1 is 1.11 bits per heavy atom. The number of rotatable bonds is 9. The van der Waals surface area contributed by atoms with E-state index in [1.165, 1.54) is 18.8 Å². The van der Waals surface area contributed by atoms with E-state index in [-0.39, 0.29) is 19.3 Å². The average Bonchev–Trinajstić information content (AvgIpc) is 3.52. The van der Waals surface area contributed by atoms with Crippen LogP contribution in [0.2, 0.25) is 0 Å². The molecule has 35 heavy (non-hydrogen) atoms. The zero-order valence-electron chi connectivity index (χ0n) is 20.1. The maximum atomic E-state index is 13.4. The van der Waals surface area contributed by atoms with Gasteiger partial charge in [-0.25, -0.2) is 18.4 Å². The predicted octanol–water partition coefficient (Wildman–Crippen LogP) is 2.36. The fourth-order valence-corrected chi connectivity index (χ4v) is 4.89. The van der Waals surface area contributed by atoms with Crippen LogP contribution in [0.25, 0.3) is 5.69 Å². The highest BCUT2D eigenvalue weighted by Crippen LogP contribution is 2.38. The van der Waals surface area contributed by atoms with Crippen LogP contribution >= 0.6 is 0 Å². The van der Waals surface area contributed by atoms with Crippen molar-refractivity contribution >= 4 is 16.0 Å². The highest BCUT2D eigenvalue weighted by atomic mass is 32.2. The van der Waals surface area contributed by atoms with E-state index >= 15 is 0 Å². The summed E-state index contributed by atoms with van der Waals surface area (Å²) in [6.45, 7) is 5.55. The minimum atomic E-state index is -3.96. The second-order valence-corrected chi connectivity index (χ2v) is 10.2. The van der Waals surface area contributed by atoms with Crippen LogP contribution in [0.15, 0.2) is 30.6 Å². The summed E-state index contributed by atoms with van der Waals surface area (Å²) in [6.07, 6.45) is 2.76. The Balaban J connectivity index is 1.76. The van der Waals surface area contributed by atoms with Crippen molar-refractivity contribution in [3.8, 4) is 17.2 Å². The number of sulfonamides is 1. The second-order valence-electron chi connectivity index (χ2n) is 8.13. The fraction of sp³-hybridized carbons (Fsp3) is 0.455. The van der Waals surface area contributed by atoms with Crippen LogP contribution in [-0.4, -0.2) is 66.0 Å². The number of nitrogens with one attached hydrogen (secondary N) is 1. The van der Waals surface area contributed by atoms with Gasteiger partial charge in [0.05, 0.1) is 26.1 Å². The summed E-state index contributed by atoms with van der Waals surface area (Å²) in [5, 5.41) is 7.49. The Bertz CT molecular complexity index is 1250. The SMILES string of the molecule is COc1cccc(OC)c1-n1c(NS(=O)(=O)C(C)C(C)c2ncc(C)cn2)nnc1[C@@H]1COCO1. The summed E-state index contributed by atoms with van der Waals surface area (Å²) in [4.78, 5) is 8.57. The third kappa shape index (κ3) is 4.92. The first-order valence-corrected chi connectivity index (χ1v) is 12.5. The molecule has 0 amide bonds. The van der Waals surface area contributed by atoms with E-state index in [1.54, 1.807) is 44.4 Å². The van der Waals surface area contributed by atoms with E-state index < -0.39 is 27.3 Å². The molecule has 0 bridgehead atoms. The van der Waals surface area contributed by atoms with Gasteiger partial charge in [-0.15, -0.1) is 10.2 Å². The molecule has 0 saturated carbocycles. The summed E-state index contributed by atoms with van der Waals surface area (Å²) >= 11 is 0. The molecule has 0 aliphatic carbocycles. The molecule has 2 aromatic heterocycles. The number of hydrogen-bond donors (Lipinski definition) is 1. The maximum absolute atomic E-state index is 13.4. The van der Waals surface area contributed by atoms with Crippen LogP contribution in [0.1, 0.15) is 43.1 Å². The molecular formula is C22H28N6O6S. The van der Waals surface area contributed by atoms with E-state index in [0.717, 1.165) is 5.56 Å². The molecule has 12 nitrogen and oxygen atoms in total. The standard InChI is InChI=1S/C22H28N6O6S/c1-13-9-23-20(24-10-13)14(2)15(3)35(29,30)27-22-26-25-21(18-11-33-12-34-18)28(22)19-16(31-4)7-6-8-17(19)32-5/h6-10,14-15,18H,11-12H2,1-5H3,(H,26,27)/t14?,15?,18-/m0/s1. The normalized spacial score (nSPS) is 17.7. The van der Waals surface area contributed by atoms with Crippen molar-refractivity contribution in [2.75, 3.05) is 32.3 Å². The number of aromatic nitrogens is 5. The highest BCUT2D eigenvalue weighted by Gasteiger charge is 2.34. The Morgan fingerprint density at radius 3 is 2.34 bits per heavy atom. The minimum absolute atomic E-state index is 0.0397. The summed E-state index contributed by atoms with van der Waals surface area (Å²) in [5.41, 5.74) is 1.31. The second kappa shape index (κ2) is 10.1. The lowest BCUT2D eigenvalue weighted by atomic mass is 10.1. The Labute approximate surface area is 203 Å². The van der Waals surface area contributed by atoms with E-state index in [9.17, 15) is 8.42 Å². The van der Waals surface area contributed by atoms with E-state index in [2.05, 4.69) is 24.9 Å². The lowest BCUT2D eigenvalue weighted by Gasteiger charge is -2.22. The van der Waals surface area contributed by atoms with Gasteiger partial charge in [-0.05, 0) is 31.5 Å². The van der Waals surface area contributed by atoms with Crippen molar-refractivity contribution < 1.29 is 27.4 Å². The maximum Gasteiger partial charge on any atom is 0.243 e. The first-order valence-electron chi connectivity index (χ1n) is 10.9. The van der Waals surface area contributed by atoms with Gasteiger partial charge in [0.25, 0.3) is 0 Å². The van der Waals surface area contributed by atoms with E-state index in [0.29, 0.717) is 28.8 Å². The number of hydrogen-bond acceptors (Lipinski definition) is 10. The van der Waals surface area contributed by atoms with Crippen LogP contribution < -0.4 is 14.2 Å². The van der Waals surface area contributed by atoms with Gasteiger partial charge in [0.2, 0.25) is 16.0 Å².